The number of benzene rings is 1. The van der Waals surface area contributed by atoms with Crippen LogP contribution in [0.25, 0.3) is 0 Å². The summed E-state index contributed by atoms with van der Waals surface area (Å²) in [6, 6.07) is 5.23. The van der Waals surface area contributed by atoms with E-state index in [0.29, 0.717) is 21.5 Å². The van der Waals surface area contributed by atoms with Gasteiger partial charge in [0.05, 0.1) is 11.6 Å². The van der Waals surface area contributed by atoms with Crippen molar-refractivity contribution in [3.05, 3.63) is 22.2 Å². The van der Waals surface area contributed by atoms with E-state index in [1.807, 2.05) is 6.07 Å². The van der Waals surface area contributed by atoms with Crippen LogP contribution >= 0.6 is 15.9 Å². The van der Waals surface area contributed by atoms with Gasteiger partial charge in [-0.25, -0.2) is 0 Å². The lowest BCUT2D eigenvalue weighted by molar-refractivity contribution is 0.0449. The van der Waals surface area contributed by atoms with Crippen molar-refractivity contribution in [2.75, 3.05) is 27.8 Å². The zero-order chi connectivity index (χ0) is 12.7. The molecule has 0 radical (unpaired) electrons. The van der Waals surface area contributed by atoms with Gasteiger partial charge in [-0.2, -0.15) is 5.26 Å². The van der Waals surface area contributed by atoms with E-state index >= 15 is 0 Å². The molecule has 0 aliphatic rings. The van der Waals surface area contributed by atoms with Crippen LogP contribution in [-0.2, 0) is 9.47 Å². The van der Waals surface area contributed by atoms with Crippen molar-refractivity contribution >= 4 is 15.9 Å². The molecule has 1 aromatic carbocycles. The first-order valence-electron chi connectivity index (χ1n) is 4.70. The fourth-order valence-electron chi connectivity index (χ4n) is 1.09. The van der Waals surface area contributed by atoms with Crippen molar-refractivity contribution in [2.24, 2.45) is 0 Å². The van der Waals surface area contributed by atoms with Crippen LogP contribution in [0.15, 0.2) is 16.6 Å². The Kier molecular flexibility index (Phi) is 5.77. The molecule has 0 amide bonds. The third-order valence-corrected chi connectivity index (χ3v) is 2.58. The minimum absolute atomic E-state index is 0.0944. The quantitative estimate of drug-likeness (QED) is 0.755. The molecule has 0 bridgehead atoms. The van der Waals surface area contributed by atoms with Crippen LogP contribution in [0.4, 0.5) is 0 Å². The lowest BCUT2D eigenvalue weighted by Crippen LogP contribution is -2.03. The molecule has 0 aliphatic heterocycles. The summed E-state index contributed by atoms with van der Waals surface area (Å²) in [5, 5.41) is 8.89. The van der Waals surface area contributed by atoms with Crippen molar-refractivity contribution in [1.29, 1.82) is 5.26 Å². The summed E-state index contributed by atoms with van der Waals surface area (Å²) in [5.74, 6) is 0.967. The van der Waals surface area contributed by atoms with Gasteiger partial charge in [0, 0.05) is 14.2 Å². The molecule has 0 spiro atoms. The van der Waals surface area contributed by atoms with E-state index in [9.17, 15) is 0 Å². The highest BCUT2D eigenvalue weighted by Gasteiger charge is 2.11. The van der Waals surface area contributed by atoms with E-state index in [1.54, 1.807) is 12.1 Å². The standard InChI is InChI=1S/C11H12BrNO4/c1-14-6-16-9-3-8(5-13)4-10(11(9)12)17-7-15-2/h3-4H,6-7H2,1-2H3. The molecule has 1 aromatic rings. The molecule has 0 unspecified atom stereocenters. The van der Waals surface area contributed by atoms with Crippen molar-refractivity contribution in [3.63, 3.8) is 0 Å². The van der Waals surface area contributed by atoms with Crippen LogP contribution in [0.1, 0.15) is 5.56 Å². The van der Waals surface area contributed by atoms with Crippen LogP contribution in [0.3, 0.4) is 0 Å². The molecule has 5 nitrogen and oxygen atoms in total. The molecule has 0 atom stereocenters. The Morgan fingerprint density at radius 2 is 1.59 bits per heavy atom. The van der Waals surface area contributed by atoms with Crippen LogP contribution in [0.2, 0.25) is 0 Å². The second-order valence-electron chi connectivity index (χ2n) is 3.00. The number of nitrogens with zero attached hydrogens (tertiary/aromatic N) is 1. The molecule has 0 aromatic heterocycles. The molecular formula is C11H12BrNO4. The van der Waals surface area contributed by atoms with Gasteiger partial charge >= 0.3 is 0 Å². The highest BCUT2D eigenvalue weighted by atomic mass is 79.9. The van der Waals surface area contributed by atoms with Gasteiger partial charge in [-0.1, -0.05) is 0 Å². The Morgan fingerprint density at radius 1 is 1.12 bits per heavy atom. The lowest BCUT2D eigenvalue weighted by atomic mass is 10.2. The molecule has 0 aliphatic carbocycles. The maximum Gasteiger partial charge on any atom is 0.188 e. The number of hydrogen-bond donors (Lipinski definition) is 0. The summed E-state index contributed by atoms with van der Waals surface area (Å²) in [6.45, 7) is 0.189. The van der Waals surface area contributed by atoms with Gasteiger partial charge in [0.2, 0.25) is 0 Å². The van der Waals surface area contributed by atoms with Crippen molar-refractivity contribution in [2.45, 2.75) is 0 Å². The van der Waals surface area contributed by atoms with Crippen LogP contribution in [0, 0.1) is 11.3 Å². The molecule has 17 heavy (non-hydrogen) atoms. The summed E-state index contributed by atoms with van der Waals surface area (Å²) < 4.78 is 20.8. The van der Waals surface area contributed by atoms with Gasteiger partial charge in [0.15, 0.2) is 13.6 Å². The largest absolute Gasteiger partial charge is 0.466 e. The first-order chi connectivity index (χ1) is 8.22. The zero-order valence-corrected chi connectivity index (χ0v) is 11.1. The van der Waals surface area contributed by atoms with E-state index < -0.39 is 0 Å². The fraction of sp³-hybridized carbons (Fsp3) is 0.364. The number of rotatable bonds is 6. The minimum Gasteiger partial charge on any atom is -0.466 e. The molecule has 0 saturated carbocycles. The van der Waals surface area contributed by atoms with Gasteiger partial charge in [0.25, 0.3) is 0 Å². The Labute approximate surface area is 108 Å². The number of hydrogen-bond acceptors (Lipinski definition) is 5. The van der Waals surface area contributed by atoms with Crippen molar-refractivity contribution < 1.29 is 18.9 Å². The number of halogens is 1. The normalized spacial score (nSPS) is 9.76. The molecule has 6 heteroatoms. The van der Waals surface area contributed by atoms with Crippen LogP contribution < -0.4 is 9.47 Å². The van der Waals surface area contributed by atoms with E-state index in [4.69, 9.17) is 24.2 Å². The highest BCUT2D eigenvalue weighted by Crippen LogP contribution is 2.35. The molecule has 0 fully saturated rings. The average Bonchev–Trinajstić information content (AvgIpc) is 2.36. The summed E-state index contributed by atoms with van der Waals surface area (Å²) >= 11 is 3.33. The van der Waals surface area contributed by atoms with Gasteiger partial charge < -0.3 is 18.9 Å². The minimum atomic E-state index is 0.0944. The summed E-state index contributed by atoms with van der Waals surface area (Å²) in [5.41, 5.74) is 0.436. The van der Waals surface area contributed by atoms with Gasteiger partial charge in [0.1, 0.15) is 16.0 Å². The van der Waals surface area contributed by atoms with Crippen molar-refractivity contribution in [1.82, 2.24) is 0 Å². The van der Waals surface area contributed by atoms with Gasteiger partial charge in [-0.3, -0.25) is 0 Å². The maximum atomic E-state index is 8.89. The smallest absolute Gasteiger partial charge is 0.188 e. The van der Waals surface area contributed by atoms with Crippen LogP contribution in [-0.4, -0.2) is 27.8 Å². The molecule has 0 heterocycles. The Hall–Kier alpha value is -1.29. The third kappa shape index (κ3) is 3.89. The average molecular weight is 302 g/mol. The lowest BCUT2D eigenvalue weighted by Gasteiger charge is -2.12. The summed E-state index contributed by atoms with van der Waals surface area (Å²) in [7, 11) is 3.04. The second kappa shape index (κ2) is 7.12. The van der Waals surface area contributed by atoms with Crippen molar-refractivity contribution in [3.8, 4) is 17.6 Å². The molecule has 0 N–H and O–H groups in total. The first-order valence-corrected chi connectivity index (χ1v) is 5.49. The monoisotopic (exact) mass is 301 g/mol. The summed E-state index contributed by atoms with van der Waals surface area (Å²) in [6.07, 6.45) is 0. The third-order valence-electron chi connectivity index (χ3n) is 1.80. The predicted molar refractivity (Wildman–Crippen MR) is 63.9 cm³/mol. The second-order valence-corrected chi connectivity index (χ2v) is 3.79. The highest BCUT2D eigenvalue weighted by molar-refractivity contribution is 9.10. The zero-order valence-electron chi connectivity index (χ0n) is 9.53. The first kappa shape index (κ1) is 13.8. The predicted octanol–water partition coefficient (Wildman–Crippen LogP) is 2.29. The molecular weight excluding hydrogens is 290 g/mol. The van der Waals surface area contributed by atoms with Crippen LogP contribution in [0.5, 0.6) is 11.5 Å². The Morgan fingerprint density at radius 3 is 1.94 bits per heavy atom. The van der Waals surface area contributed by atoms with E-state index in [2.05, 4.69) is 15.9 Å². The van der Waals surface area contributed by atoms with Gasteiger partial charge in [-0.05, 0) is 28.1 Å². The van der Waals surface area contributed by atoms with E-state index in [1.165, 1.54) is 14.2 Å². The number of methoxy groups -OCH3 is 2. The number of ether oxygens (including phenoxy) is 4. The van der Waals surface area contributed by atoms with Gasteiger partial charge in [-0.15, -0.1) is 0 Å². The topological polar surface area (TPSA) is 60.7 Å². The van der Waals surface area contributed by atoms with E-state index in [-0.39, 0.29) is 13.6 Å². The number of nitriles is 1. The SMILES string of the molecule is COCOc1cc(C#N)cc(OCOC)c1Br. The Balaban J connectivity index is 2.99. The molecule has 0 saturated heterocycles. The molecule has 1 rings (SSSR count). The fourth-order valence-corrected chi connectivity index (χ4v) is 1.55. The Bertz CT molecular complexity index is 387. The molecule has 92 valence electrons. The van der Waals surface area contributed by atoms with E-state index in [0.717, 1.165) is 0 Å². The maximum absolute atomic E-state index is 8.89. The summed E-state index contributed by atoms with van der Waals surface area (Å²) in [4.78, 5) is 0.